The van der Waals surface area contributed by atoms with Crippen LogP contribution in [0, 0.1) is 0 Å². The molecule has 0 saturated heterocycles. The Morgan fingerprint density at radius 2 is 2.07 bits per heavy atom. The predicted octanol–water partition coefficient (Wildman–Crippen LogP) is 2.30. The average Bonchev–Trinajstić information content (AvgIpc) is 2.50. The van der Waals surface area contributed by atoms with Gasteiger partial charge in [0, 0.05) is 0 Å². The Balaban J connectivity index is 2.52. The van der Waals surface area contributed by atoms with Crippen molar-refractivity contribution in [1.29, 1.82) is 0 Å². The van der Waals surface area contributed by atoms with Crippen LogP contribution in [0.3, 0.4) is 0 Å². The Morgan fingerprint density at radius 1 is 1.36 bits per heavy atom. The van der Waals surface area contributed by atoms with Crippen LogP contribution >= 0.6 is 11.6 Å². The highest BCUT2D eigenvalue weighted by atomic mass is 35.5. The summed E-state index contributed by atoms with van der Waals surface area (Å²) < 4.78 is 10.4. The van der Waals surface area contributed by atoms with E-state index in [4.69, 9.17) is 21.1 Å². The van der Waals surface area contributed by atoms with Gasteiger partial charge < -0.3 is 14.6 Å². The van der Waals surface area contributed by atoms with Crippen LogP contribution in [-0.2, 0) is 5.60 Å². The maximum Gasteiger partial charge on any atom is 0.231 e. The maximum atomic E-state index is 9.79. The fourth-order valence-electron chi connectivity index (χ4n) is 1.32. The number of rotatable bonds is 1. The summed E-state index contributed by atoms with van der Waals surface area (Å²) in [5.74, 6) is 1.15. The number of halogens is 1. The molecular weight excluding hydrogens is 204 g/mol. The zero-order valence-corrected chi connectivity index (χ0v) is 8.76. The third-order valence-corrected chi connectivity index (χ3v) is 2.41. The Hall–Kier alpha value is -0.930. The molecule has 0 unspecified atom stereocenters. The van der Waals surface area contributed by atoms with Crippen LogP contribution in [0.5, 0.6) is 11.5 Å². The van der Waals surface area contributed by atoms with E-state index in [-0.39, 0.29) is 6.79 Å². The van der Waals surface area contributed by atoms with Crippen LogP contribution in [-0.4, -0.2) is 11.9 Å². The molecule has 2 rings (SSSR count). The molecular formula is C10H11ClO3. The summed E-state index contributed by atoms with van der Waals surface area (Å²) >= 11 is 5.96. The maximum absolute atomic E-state index is 9.79. The molecule has 3 nitrogen and oxygen atoms in total. The normalized spacial score (nSPS) is 14.6. The van der Waals surface area contributed by atoms with Crippen molar-refractivity contribution >= 4 is 11.6 Å². The van der Waals surface area contributed by atoms with Crippen LogP contribution < -0.4 is 9.47 Å². The fraction of sp³-hybridized carbons (Fsp3) is 0.400. The zero-order valence-electron chi connectivity index (χ0n) is 8.00. The molecule has 0 aromatic heterocycles. The Bertz CT molecular complexity index is 368. The second-order valence-electron chi connectivity index (χ2n) is 3.75. The molecule has 1 aliphatic heterocycles. The van der Waals surface area contributed by atoms with E-state index < -0.39 is 5.60 Å². The second kappa shape index (κ2) is 3.04. The monoisotopic (exact) mass is 214 g/mol. The molecule has 0 aliphatic carbocycles. The predicted molar refractivity (Wildman–Crippen MR) is 52.8 cm³/mol. The SMILES string of the molecule is CC(C)(O)c1cc(Cl)c2c(c1)OCO2. The van der Waals surface area contributed by atoms with Gasteiger partial charge in [-0.1, -0.05) is 11.6 Å². The Morgan fingerprint density at radius 3 is 2.71 bits per heavy atom. The number of benzene rings is 1. The Labute approximate surface area is 87.2 Å². The highest BCUT2D eigenvalue weighted by Crippen LogP contribution is 2.41. The van der Waals surface area contributed by atoms with E-state index in [0.29, 0.717) is 22.1 Å². The van der Waals surface area contributed by atoms with E-state index in [0.717, 1.165) is 0 Å². The average molecular weight is 215 g/mol. The van der Waals surface area contributed by atoms with Crippen molar-refractivity contribution in [3.8, 4) is 11.5 Å². The summed E-state index contributed by atoms with van der Waals surface area (Å²) in [5, 5.41) is 10.3. The van der Waals surface area contributed by atoms with Crippen molar-refractivity contribution in [3.63, 3.8) is 0 Å². The van der Waals surface area contributed by atoms with Gasteiger partial charge in [-0.3, -0.25) is 0 Å². The summed E-state index contributed by atoms with van der Waals surface area (Å²) in [4.78, 5) is 0. The zero-order chi connectivity index (χ0) is 10.3. The molecule has 1 N–H and O–H groups in total. The van der Waals surface area contributed by atoms with Crippen molar-refractivity contribution < 1.29 is 14.6 Å². The first-order valence-electron chi connectivity index (χ1n) is 4.30. The second-order valence-corrected chi connectivity index (χ2v) is 4.16. The van der Waals surface area contributed by atoms with Crippen molar-refractivity contribution in [3.05, 3.63) is 22.7 Å². The molecule has 1 aromatic rings. The molecule has 76 valence electrons. The summed E-state index contributed by atoms with van der Waals surface area (Å²) in [6.07, 6.45) is 0. The molecule has 1 heterocycles. The molecule has 0 spiro atoms. The molecule has 0 amide bonds. The number of aliphatic hydroxyl groups is 1. The largest absolute Gasteiger partial charge is 0.454 e. The lowest BCUT2D eigenvalue weighted by Crippen LogP contribution is -2.15. The lowest BCUT2D eigenvalue weighted by atomic mass is 9.98. The van der Waals surface area contributed by atoms with Gasteiger partial charge in [0.15, 0.2) is 11.5 Å². The lowest BCUT2D eigenvalue weighted by molar-refractivity contribution is 0.0783. The van der Waals surface area contributed by atoms with Gasteiger partial charge in [-0.05, 0) is 31.5 Å². The van der Waals surface area contributed by atoms with Crippen molar-refractivity contribution in [1.82, 2.24) is 0 Å². The van der Waals surface area contributed by atoms with E-state index in [2.05, 4.69) is 0 Å². The van der Waals surface area contributed by atoms with Gasteiger partial charge in [-0.15, -0.1) is 0 Å². The molecule has 0 radical (unpaired) electrons. The van der Waals surface area contributed by atoms with Gasteiger partial charge >= 0.3 is 0 Å². The van der Waals surface area contributed by atoms with Gasteiger partial charge in [0.25, 0.3) is 0 Å². The minimum absolute atomic E-state index is 0.185. The number of hydrogen-bond acceptors (Lipinski definition) is 3. The molecule has 14 heavy (non-hydrogen) atoms. The summed E-state index contributed by atoms with van der Waals surface area (Å²) in [7, 11) is 0. The van der Waals surface area contributed by atoms with Gasteiger partial charge in [0.1, 0.15) is 0 Å². The smallest absolute Gasteiger partial charge is 0.231 e. The number of ether oxygens (including phenoxy) is 2. The van der Waals surface area contributed by atoms with Gasteiger partial charge in [-0.2, -0.15) is 0 Å². The molecule has 0 bridgehead atoms. The summed E-state index contributed by atoms with van der Waals surface area (Å²) in [6, 6.07) is 3.43. The van der Waals surface area contributed by atoms with Crippen LogP contribution in [0.25, 0.3) is 0 Å². The lowest BCUT2D eigenvalue weighted by Gasteiger charge is -2.18. The van der Waals surface area contributed by atoms with E-state index in [1.807, 2.05) is 0 Å². The highest BCUT2D eigenvalue weighted by molar-refractivity contribution is 6.32. The standard InChI is InChI=1S/C10H11ClO3/c1-10(2,12)6-3-7(11)9-8(4-6)13-5-14-9/h3-4,12H,5H2,1-2H3. The third kappa shape index (κ3) is 1.53. The van der Waals surface area contributed by atoms with E-state index in [1.54, 1.807) is 26.0 Å². The van der Waals surface area contributed by atoms with E-state index in [9.17, 15) is 5.11 Å². The minimum Gasteiger partial charge on any atom is -0.454 e. The van der Waals surface area contributed by atoms with Crippen molar-refractivity contribution in [2.75, 3.05) is 6.79 Å². The number of fused-ring (bicyclic) bond motifs is 1. The Kier molecular flexibility index (Phi) is 2.09. The van der Waals surface area contributed by atoms with Crippen LogP contribution in [0.4, 0.5) is 0 Å². The fourth-order valence-corrected chi connectivity index (χ4v) is 1.59. The first kappa shape index (κ1) is 9.62. The summed E-state index contributed by atoms with van der Waals surface area (Å²) in [6.45, 7) is 3.58. The first-order valence-corrected chi connectivity index (χ1v) is 4.68. The van der Waals surface area contributed by atoms with E-state index in [1.165, 1.54) is 0 Å². The van der Waals surface area contributed by atoms with Gasteiger partial charge in [-0.25, -0.2) is 0 Å². The highest BCUT2D eigenvalue weighted by Gasteiger charge is 2.24. The van der Waals surface area contributed by atoms with Crippen LogP contribution in [0.15, 0.2) is 12.1 Å². The number of hydrogen-bond donors (Lipinski definition) is 1. The topological polar surface area (TPSA) is 38.7 Å². The van der Waals surface area contributed by atoms with Crippen LogP contribution in [0.1, 0.15) is 19.4 Å². The molecule has 0 atom stereocenters. The van der Waals surface area contributed by atoms with Gasteiger partial charge in [0.2, 0.25) is 6.79 Å². The molecule has 0 saturated carbocycles. The molecule has 1 aromatic carbocycles. The summed E-state index contributed by atoms with van der Waals surface area (Å²) in [5.41, 5.74) is -0.211. The molecule has 1 aliphatic rings. The van der Waals surface area contributed by atoms with E-state index >= 15 is 0 Å². The minimum atomic E-state index is -0.926. The van der Waals surface area contributed by atoms with Crippen LogP contribution in [0.2, 0.25) is 5.02 Å². The molecule has 4 heteroatoms. The quantitative estimate of drug-likeness (QED) is 0.780. The third-order valence-electron chi connectivity index (χ3n) is 2.13. The van der Waals surface area contributed by atoms with Crippen molar-refractivity contribution in [2.24, 2.45) is 0 Å². The first-order chi connectivity index (χ1) is 6.48. The van der Waals surface area contributed by atoms with Gasteiger partial charge in [0.05, 0.1) is 10.6 Å². The van der Waals surface area contributed by atoms with Crippen molar-refractivity contribution in [2.45, 2.75) is 19.4 Å². The molecule has 0 fully saturated rings.